The van der Waals surface area contributed by atoms with Gasteiger partial charge in [-0.15, -0.1) is 11.8 Å². The topological polar surface area (TPSA) is 63.6 Å². The molecule has 1 aromatic rings. The summed E-state index contributed by atoms with van der Waals surface area (Å²) in [5, 5.41) is 8.45. The number of benzene rings is 1. The summed E-state index contributed by atoms with van der Waals surface area (Å²) in [4.78, 5) is 22.7. The summed E-state index contributed by atoms with van der Waals surface area (Å²) >= 11 is 6.82. The Balaban J connectivity index is 2.75. The Morgan fingerprint density at radius 3 is 2.47 bits per heavy atom. The Hall–Kier alpha value is -1.20. The Kier molecular flexibility index (Phi) is 5.31. The first kappa shape index (κ1) is 13.9. The molecule has 0 spiro atoms. The van der Waals surface area contributed by atoms with Gasteiger partial charge in [-0.1, -0.05) is 11.6 Å². The summed E-state index contributed by atoms with van der Waals surface area (Å²) in [7, 11) is 2.99. The smallest absolute Gasteiger partial charge is 0.320 e. The third kappa shape index (κ3) is 4.66. The first-order valence-corrected chi connectivity index (χ1v) is 5.88. The molecule has 0 heterocycles. The maximum Gasteiger partial charge on any atom is 0.320 e. The maximum atomic E-state index is 11.3. The quantitative estimate of drug-likeness (QED) is 0.660. The molecule has 0 aliphatic carbocycles. The van der Waals surface area contributed by atoms with Crippen LogP contribution in [0.15, 0.2) is 29.2 Å². The third-order valence-corrected chi connectivity index (χ3v) is 3.30. The van der Waals surface area contributed by atoms with Crippen molar-refractivity contribution in [2.75, 3.05) is 0 Å². The van der Waals surface area contributed by atoms with Gasteiger partial charge in [-0.25, -0.2) is 0 Å². The number of aliphatic carboxylic acids is 1. The number of ether oxygens (including phenoxy) is 1. The van der Waals surface area contributed by atoms with Crippen LogP contribution < -0.4 is 0 Å². The second-order valence-electron chi connectivity index (χ2n) is 3.12. The Bertz CT molecular complexity index is 404. The zero-order chi connectivity index (χ0) is 12.8. The molecule has 0 aliphatic heterocycles. The van der Waals surface area contributed by atoms with Gasteiger partial charge in [0.1, 0.15) is 12.4 Å². The lowest BCUT2D eigenvalue weighted by atomic mass is 10.3. The average Bonchev–Trinajstić information content (AvgIpc) is 2.29. The molecule has 0 saturated heterocycles. The van der Waals surface area contributed by atoms with Gasteiger partial charge in [-0.05, 0) is 24.3 Å². The fraction of sp³-hybridized carbons (Fsp3) is 0.182. The highest BCUT2D eigenvalue weighted by Gasteiger charge is 2.23. The number of hydrogen-bond donors (Lipinski definition) is 1. The number of carbonyl (C=O) groups excluding carboxylic acids is 1. The van der Waals surface area contributed by atoms with E-state index in [-0.39, 0.29) is 6.42 Å². The van der Waals surface area contributed by atoms with Crippen molar-refractivity contribution in [3.63, 3.8) is 0 Å². The maximum absolute atomic E-state index is 11.3. The van der Waals surface area contributed by atoms with Gasteiger partial charge in [0.05, 0.1) is 6.42 Å². The molecule has 91 valence electrons. The van der Waals surface area contributed by atoms with Gasteiger partial charge >= 0.3 is 11.9 Å². The molecule has 1 radical (unpaired) electrons. The second-order valence-corrected chi connectivity index (χ2v) is 4.83. The van der Waals surface area contributed by atoms with E-state index >= 15 is 0 Å². The summed E-state index contributed by atoms with van der Waals surface area (Å²) in [6, 6.07) is 6.74. The van der Waals surface area contributed by atoms with Crippen molar-refractivity contribution in [1.29, 1.82) is 0 Å². The molecule has 0 fully saturated rings. The monoisotopic (exact) mass is 273 g/mol. The van der Waals surface area contributed by atoms with Crippen molar-refractivity contribution in [2.45, 2.75) is 16.6 Å². The third-order valence-electron chi connectivity index (χ3n) is 1.86. The molecule has 1 atom stereocenters. The highest BCUT2D eigenvalue weighted by atomic mass is 35.5. The number of carboxylic acid groups (broad SMARTS) is 1. The van der Waals surface area contributed by atoms with Crippen LogP contribution in [0.3, 0.4) is 0 Å². The molecular weight excluding hydrogens is 264 g/mol. The van der Waals surface area contributed by atoms with Crippen LogP contribution in [-0.4, -0.2) is 22.3 Å². The predicted octanol–water partition coefficient (Wildman–Crippen LogP) is 2.61. The van der Waals surface area contributed by atoms with Gasteiger partial charge in [0.25, 0.3) is 0 Å². The molecule has 0 bridgehead atoms. The normalized spacial score (nSPS) is 11.9. The predicted molar refractivity (Wildman–Crippen MR) is 64.8 cm³/mol. The van der Waals surface area contributed by atoms with Crippen LogP contribution >= 0.6 is 23.4 Å². The van der Waals surface area contributed by atoms with E-state index in [1.54, 1.807) is 24.3 Å². The zero-order valence-electron chi connectivity index (χ0n) is 8.76. The van der Waals surface area contributed by atoms with Gasteiger partial charge in [-0.2, -0.15) is 0 Å². The van der Waals surface area contributed by atoms with Crippen molar-refractivity contribution in [3.8, 4) is 0 Å². The molecule has 1 N–H and O–H groups in total. The largest absolute Gasteiger partial charge is 0.481 e. The van der Waals surface area contributed by atoms with E-state index in [0.717, 1.165) is 16.7 Å². The summed E-state index contributed by atoms with van der Waals surface area (Å²) in [5.41, 5.74) is 0. The lowest BCUT2D eigenvalue weighted by Gasteiger charge is -2.11. The average molecular weight is 274 g/mol. The van der Waals surface area contributed by atoms with Crippen LogP contribution in [0.25, 0.3) is 0 Å². The van der Waals surface area contributed by atoms with Crippen LogP contribution in [0.5, 0.6) is 0 Å². The number of thioether (sulfide) groups is 1. The highest BCUT2D eigenvalue weighted by molar-refractivity contribution is 8.00. The molecule has 17 heavy (non-hydrogen) atoms. The van der Waals surface area contributed by atoms with Gasteiger partial charge < -0.3 is 9.84 Å². The van der Waals surface area contributed by atoms with Crippen LogP contribution in [-0.2, 0) is 14.3 Å². The molecular formula is C11H10ClO4S. The molecule has 0 aromatic heterocycles. The van der Waals surface area contributed by atoms with Crippen molar-refractivity contribution in [2.24, 2.45) is 0 Å². The van der Waals surface area contributed by atoms with Crippen LogP contribution in [0, 0.1) is 7.11 Å². The number of carbonyl (C=O) groups is 2. The minimum Gasteiger partial charge on any atom is -0.481 e. The van der Waals surface area contributed by atoms with Gasteiger partial charge in [0.2, 0.25) is 0 Å². The van der Waals surface area contributed by atoms with E-state index in [9.17, 15) is 9.59 Å². The number of halogens is 1. The van der Waals surface area contributed by atoms with E-state index in [0.29, 0.717) is 5.02 Å². The van der Waals surface area contributed by atoms with Gasteiger partial charge in [0.15, 0.2) is 0 Å². The van der Waals surface area contributed by atoms with Crippen molar-refractivity contribution in [3.05, 3.63) is 36.4 Å². The first-order chi connectivity index (χ1) is 8.02. The summed E-state index contributed by atoms with van der Waals surface area (Å²) < 4.78 is 4.31. The molecule has 0 amide bonds. The molecule has 1 unspecified atom stereocenters. The van der Waals surface area contributed by atoms with E-state index in [4.69, 9.17) is 16.7 Å². The number of hydrogen-bond acceptors (Lipinski definition) is 4. The number of carboxylic acids is 1. The summed E-state index contributed by atoms with van der Waals surface area (Å²) in [5.74, 6) is -1.73. The molecule has 1 aromatic carbocycles. The van der Waals surface area contributed by atoms with Crippen LogP contribution in [0.4, 0.5) is 0 Å². The minimum atomic E-state index is -1.07. The Morgan fingerprint density at radius 2 is 2.00 bits per heavy atom. The lowest BCUT2D eigenvalue weighted by molar-refractivity contribution is -0.143. The Labute approximate surface area is 108 Å². The van der Waals surface area contributed by atoms with Gasteiger partial charge in [0, 0.05) is 9.92 Å². The first-order valence-electron chi connectivity index (χ1n) is 4.63. The summed E-state index contributed by atoms with van der Waals surface area (Å²) in [6.45, 7) is 0. The van der Waals surface area contributed by atoms with Crippen molar-refractivity contribution in [1.82, 2.24) is 0 Å². The van der Waals surface area contributed by atoms with E-state index in [1.807, 2.05) is 0 Å². The zero-order valence-corrected chi connectivity index (χ0v) is 10.3. The molecule has 4 nitrogen and oxygen atoms in total. The fourth-order valence-corrected chi connectivity index (χ4v) is 2.24. The minimum absolute atomic E-state index is 0.318. The summed E-state index contributed by atoms with van der Waals surface area (Å²) in [6.07, 6.45) is -0.318. The second kappa shape index (κ2) is 6.51. The lowest BCUT2D eigenvalue weighted by Crippen LogP contribution is -2.21. The van der Waals surface area contributed by atoms with Crippen molar-refractivity contribution < 1.29 is 19.4 Å². The van der Waals surface area contributed by atoms with E-state index < -0.39 is 17.2 Å². The fourth-order valence-electron chi connectivity index (χ4n) is 1.10. The molecule has 6 heteroatoms. The highest BCUT2D eigenvalue weighted by Crippen LogP contribution is 2.27. The van der Waals surface area contributed by atoms with Crippen LogP contribution in [0.1, 0.15) is 6.42 Å². The van der Waals surface area contributed by atoms with Crippen LogP contribution in [0.2, 0.25) is 5.02 Å². The molecule has 0 saturated carbocycles. The van der Waals surface area contributed by atoms with Gasteiger partial charge in [-0.3, -0.25) is 9.59 Å². The number of esters is 1. The standard InChI is InChI=1S/C11H10ClO4S/c1-16-11(15)9(6-10(13)14)17-8-4-2-7(12)3-5-8/h2-5,9H,1,6H2,(H,13,14). The van der Waals surface area contributed by atoms with E-state index in [1.165, 1.54) is 0 Å². The Morgan fingerprint density at radius 1 is 1.41 bits per heavy atom. The SMILES string of the molecule is [CH2]OC(=O)C(CC(=O)O)Sc1ccc(Cl)cc1. The molecule has 0 aliphatic rings. The van der Waals surface area contributed by atoms with Crippen molar-refractivity contribution >= 4 is 35.3 Å². The number of rotatable bonds is 5. The van der Waals surface area contributed by atoms with E-state index in [2.05, 4.69) is 11.8 Å². The molecule has 1 rings (SSSR count).